The van der Waals surface area contributed by atoms with Crippen molar-refractivity contribution in [3.63, 3.8) is 0 Å². The van der Waals surface area contributed by atoms with E-state index in [1.807, 2.05) is 37.3 Å². The Morgan fingerprint density at radius 2 is 2.05 bits per heavy atom. The topological polar surface area (TPSA) is 76.7 Å². The van der Waals surface area contributed by atoms with E-state index < -0.39 is 0 Å². The van der Waals surface area contributed by atoms with Crippen molar-refractivity contribution in [2.45, 2.75) is 39.3 Å². The summed E-state index contributed by atoms with van der Waals surface area (Å²) in [5.74, 6) is 0.0177. The number of nitrogens with one attached hydrogen (secondary N) is 1. The standard InChI is InChI=1S/C16H21N3O2.ClH/c1-3-7-13-14(11(2)18-16(17)19-13)15(20)21-10-12-8-5-4-6-9-12;/h4-6,8-9,13H,3,7,10H2,1-2H3,(H3,17,18,19);1H. The van der Waals surface area contributed by atoms with Gasteiger partial charge in [0.1, 0.15) is 6.61 Å². The van der Waals surface area contributed by atoms with E-state index in [1.54, 1.807) is 0 Å². The van der Waals surface area contributed by atoms with Crippen molar-refractivity contribution in [3.8, 4) is 0 Å². The molecule has 5 nitrogen and oxygen atoms in total. The molecule has 120 valence electrons. The first-order chi connectivity index (χ1) is 10.1. The second-order valence-electron chi connectivity index (χ2n) is 5.04. The molecule has 3 N–H and O–H groups in total. The van der Waals surface area contributed by atoms with E-state index in [2.05, 4.69) is 17.2 Å². The predicted molar refractivity (Wildman–Crippen MR) is 89.6 cm³/mol. The third-order valence-corrected chi connectivity index (χ3v) is 3.34. The van der Waals surface area contributed by atoms with Crippen LogP contribution < -0.4 is 11.1 Å². The maximum atomic E-state index is 12.3. The molecule has 1 aliphatic rings. The second-order valence-corrected chi connectivity index (χ2v) is 5.04. The summed E-state index contributed by atoms with van der Waals surface area (Å²) in [7, 11) is 0. The van der Waals surface area contributed by atoms with Crippen LogP contribution >= 0.6 is 12.4 Å². The molecule has 1 atom stereocenters. The Labute approximate surface area is 137 Å². The summed E-state index contributed by atoms with van der Waals surface area (Å²) >= 11 is 0. The number of carbonyl (C=O) groups is 1. The van der Waals surface area contributed by atoms with Crippen LogP contribution in [0.1, 0.15) is 32.3 Å². The summed E-state index contributed by atoms with van der Waals surface area (Å²) in [6.45, 7) is 4.13. The smallest absolute Gasteiger partial charge is 0.338 e. The Kier molecular flexibility index (Phi) is 6.92. The van der Waals surface area contributed by atoms with E-state index in [0.29, 0.717) is 11.5 Å². The number of hydrogen-bond donors (Lipinski definition) is 2. The largest absolute Gasteiger partial charge is 0.457 e. The van der Waals surface area contributed by atoms with Crippen LogP contribution in [0.4, 0.5) is 0 Å². The third-order valence-electron chi connectivity index (χ3n) is 3.34. The average molecular weight is 324 g/mol. The lowest BCUT2D eigenvalue weighted by Crippen LogP contribution is -2.39. The molecule has 0 radical (unpaired) electrons. The number of halogens is 1. The van der Waals surface area contributed by atoms with Gasteiger partial charge in [-0.1, -0.05) is 43.7 Å². The molecule has 0 amide bonds. The number of nitrogens with two attached hydrogens (primary N) is 1. The highest BCUT2D eigenvalue weighted by atomic mass is 35.5. The molecule has 0 saturated carbocycles. The van der Waals surface area contributed by atoms with Gasteiger partial charge in [-0.2, -0.15) is 0 Å². The number of benzene rings is 1. The van der Waals surface area contributed by atoms with Gasteiger partial charge in [0.25, 0.3) is 0 Å². The molecule has 2 rings (SSSR count). The fraction of sp³-hybridized carbons (Fsp3) is 0.375. The zero-order valence-corrected chi connectivity index (χ0v) is 13.7. The fourth-order valence-corrected chi connectivity index (χ4v) is 2.35. The van der Waals surface area contributed by atoms with Crippen LogP contribution in [0.15, 0.2) is 46.6 Å². The monoisotopic (exact) mass is 323 g/mol. The van der Waals surface area contributed by atoms with Gasteiger partial charge in [-0.05, 0) is 18.9 Å². The van der Waals surface area contributed by atoms with Gasteiger partial charge in [0.2, 0.25) is 0 Å². The first-order valence-electron chi connectivity index (χ1n) is 7.14. The summed E-state index contributed by atoms with van der Waals surface area (Å²) in [4.78, 5) is 16.6. The lowest BCUT2D eigenvalue weighted by Gasteiger charge is -2.23. The molecule has 6 heteroatoms. The number of esters is 1. The highest BCUT2D eigenvalue weighted by Crippen LogP contribution is 2.21. The Morgan fingerprint density at radius 3 is 2.68 bits per heavy atom. The van der Waals surface area contributed by atoms with Crippen LogP contribution in [0.5, 0.6) is 0 Å². The summed E-state index contributed by atoms with van der Waals surface area (Å²) in [5.41, 5.74) is 7.98. The zero-order chi connectivity index (χ0) is 15.2. The highest BCUT2D eigenvalue weighted by Gasteiger charge is 2.27. The number of nitrogens with zero attached hydrogens (tertiary/aromatic N) is 1. The summed E-state index contributed by atoms with van der Waals surface area (Å²) < 4.78 is 5.40. The van der Waals surface area contributed by atoms with Gasteiger partial charge in [0.15, 0.2) is 5.96 Å². The van der Waals surface area contributed by atoms with E-state index in [4.69, 9.17) is 10.5 Å². The number of ether oxygens (including phenoxy) is 1. The lowest BCUT2D eigenvalue weighted by atomic mass is 10.00. The maximum absolute atomic E-state index is 12.3. The van der Waals surface area contributed by atoms with Crippen LogP contribution in [0, 0.1) is 0 Å². The Balaban J connectivity index is 0.00000242. The lowest BCUT2D eigenvalue weighted by molar-refractivity contribution is -0.140. The molecule has 1 heterocycles. The molecule has 0 spiro atoms. The predicted octanol–water partition coefficient (Wildman–Crippen LogP) is 2.51. The van der Waals surface area contributed by atoms with Crippen molar-refractivity contribution >= 4 is 24.3 Å². The van der Waals surface area contributed by atoms with Crippen molar-refractivity contribution in [2.24, 2.45) is 10.7 Å². The second kappa shape index (κ2) is 8.44. The summed E-state index contributed by atoms with van der Waals surface area (Å²) in [6, 6.07) is 9.39. The van der Waals surface area contributed by atoms with Crippen LogP contribution in [0.25, 0.3) is 0 Å². The van der Waals surface area contributed by atoms with Gasteiger partial charge >= 0.3 is 5.97 Å². The van der Waals surface area contributed by atoms with Gasteiger partial charge in [-0.15, -0.1) is 12.4 Å². The molecule has 1 unspecified atom stereocenters. The molecule has 1 aromatic carbocycles. The van der Waals surface area contributed by atoms with Crippen molar-refractivity contribution in [3.05, 3.63) is 47.2 Å². The summed E-state index contributed by atoms with van der Waals surface area (Å²) in [6.07, 6.45) is 1.69. The van der Waals surface area contributed by atoms with E-state index in [1.165, 1.54) is 0 Å². The quantitative estimate of drug-likeness (QED) is 0.816. The minimum atomic E-state index is -0.335. The first-order valence-corrected chi connectivity index (χ1v) is 7.14. The number of aliphatic imine (C=N–C) groups is 1. The first kappa shape index (κ1) is 18.0. The average Bonchev–Trinajstić information content (AvgIpc) is 2.46. The normalized spacial score (nSPS) is 17.2. The Hall–Kier alpha value is -2.01. The zero-order valence-electron chi connectivity index (χ0n) is 12.8. The van der Waals surface area contributed by atoms with Gasteiger partial charge in [0.05, 0.1) is 11.6 Å². The van der Waals surface area contributed by atoms with Gasteiger partial charge in [0, 0.05) is 5.70 Å². The van der Waals surface area contributed by atoms with Gasteiger partial charge in [-0.25, -0.2) is 9.79 Å². The van der Waals surface area contributed by atoms with Crippen molar-refractivity contribution in [1.82, 2.24) is 5.32 Å². The van der Waals surface area contributed by atoms with Gasteiger partial charge in [-0.3, -0.25) is 0 Å². The number of allylic oxidation sites excluding steroid dienone is 1. The number of hydrogen-bond acceptors (Lipinski definition) is 5. The van der Waals surface area contributed by atoms with E-state index >= 15 is 0 Å². The van der Waals surface area contributed by atoms with Crippen molar-refractivity contribution in [1.29, 1.82) is 0 Å². The van der Waals surface area contributed by atoms with Gasteiger partial charge < -0.3 is 15.8 Å². The minimum Gasteiger partial charge on any atom is -0.457 e. The highest BCUT2D eigenvalue weighted by molar-refractivity contribution is 5.94. The number of carbonyl (C=O) groups excluding carboxylic acids is 1. The van der Waals surface area contributed by atoms with Crippen molar-refractivity contribution in [2.75, 3.05) is 0 Å². The van der Waals surface area contributed by atoms with Crippen molar-refractivity contribution < 1.29 is 9.53 Å². The van der Waals surface area contributed by atoms with E-state index in [-0.39, 0.29) is 31.0 Å². The molecule has 22 heavy (non-hydrogen) atoms. The number of guanidine groups is 1. The third kappa shape index (κ3) is 4.49. The Morgan fingerprint density at radius 1 is 1.36 bits per heavy atom. The molecular weight excluding hydrogens is 302 g/mol. The Bertz CT molecular complexity index is 570. The summed E-state index contributed by atoms with van der Waals surface area (Å²) in [5, 5.41) is 2.90. The maximum Gasteiger partial charge on any atom is 0.338 e. The molecule has 0 aliphatic carbocycles. The van der Waals surface area contributed by atoms with Crippen LogP contribution in [-0.4, -0.2) is 18.0 Å². The minimum absolute atomic E-state index is 0. The SMILES string of the molecule is CCCC1N=C(N)NC(C)=C1C(=O)OCc1ccccc1.Cl. The molecule has 0 saturated heterocycles. The van der Waals surface area contributed by atoms with E-state index in [0.717, 1.165) is 24.1 Å². The van der Waals surface area contributed by atoms with Crippen LogP contribution in [0.3, 0.4) is 0 Å². The molecule has 0 fully saturated rings. The van der Waals surface area contributed by atoms with Crippen LogP contribution in [-0.2, 0) is 16.1 Å². The molecular formula is C16H22ClN3O2. The fourth-order valence-electron chi connectivity index (χ4n) is 2.35. The van der Waals surface area contributed by atoms with Crippen LogP contribution in [0.2, 0.25) is 0 Å². The van der Waals surface area contributed by atoms with E-state index in [9.17, 15) is 4.79 Å². The molecule has 1 aliphatic heterocycles. The molecule has 0 aromatic heterocycles. The number of rotatable bonds is 5. The molecule has 1 aromatic rings. The molecule has 0 bridgehead atoms.